The van der Waals surface area contributed by atoms with E-state index in [4.69, 9.17) is 4.74 Å². The highest BCUT2D eigenvalue weighted by atomic mass is 16.5. The molecule has 3 aromatic rings. The summed E-state index contributed by atoms with van der Waals surface area (Å²) in [6.45, 7) is 2.57. The van der Waals surface area contributed by atoms with Gasteiger partial charge in [0, 0.05) is 43.7 Å². The van der Waals surface area contributed by atoms with Gasteiger partial charge in [0.1, 0.15) is 12.6 Å². The molecule has 0 saturated carbocycles. The van der Waals surface area contributed by atoms with E-state index in [1.807, 2.05) is 36.4 Å². The van der Waals surface area contributed by atoms with Gasteiger partial charge in [-0.1, -0.05) is 66.7 Å². The van der Waals surface area contributed by atoms with Gasteiger partial charge in [-0.2, -0.15) is 0 Å². The molecule has 2 amide bonds. The van der Waals surface area contributed by atoms with E-state index >= 15 is 0 Å². The van der Waals surface area contributed by atoms with Crippen molar-refractivity contribution in [2.24, 2.45) is 0 Å². The minimum Gasteiger partial charge on any atom is -0.480 e. The Bertz CT molecular complexity index is 1170. The Morgan fingerprint density at radius 2 is 1.57 bits per heavy atom. The number of hydrogen-bond acceptors (Lipinski definition) is 5. The lowest BCUT2D eigenvalue weighted by molar-refractivity contribution is -0.140. The number of carboxylic acid groups (broad SMARTS) is 1. The molecule has 0 spiro atoms. The number of amides is 2. The molecular weight excluding hydrogens is 446 g/mol. The van der Waals surface area contributed by atoms with Crippen LogP contribution in [0.4, 0.5) is 10.5 Å². The number of nitrogens with one attached hydrogen (secondary N) is 1. The molecule has 35 heavy (non-hydrogen) atoms. The molecule has 1 aliphatic rings. The molecule has 4 rings (SSSR count). The zero-order valence-corrected chi connectivity index (χ0v) is 19.4. The Morgan fingerprint density at radius 1 is 0.886 bits per heavy atom. The molecule has 1 aliphatic heterocycles. The van der Waals surface area contributed by atoms with Crippen LogP contribution in [0.5, 0.6) is 0 Å². The average molecular weight is 476 g/mol. The molecule has 0 radical (unpaired) electrons. The van der Waals surface area contributed by atoms with Gasteiger partial charge < -0.3 is 25.0 Å². The van der Waals surface area contributed by atoms with Crippen molar-refractivity contribution < 1.29 is 24.2 Å². The number of nitrogens with zero attached hydrogens (tertiary/aromatic N) is 2. The summed E-state index contributed by atoms with van der Waals surface area (Å²) < 4.78 is 5.10. The molecule has 0 bridgehead atoms. The maximum absolute atomic E-state index is 12.7. The molecule has 1 fully saturated rings. The van der Waals surface area contributed by atoms with E-state index in [2.05, 4.69) is 34.5 Å². The Kier molecular flexibility index (Phi) is 7.82. The minimum absolute atomic E-state index is 0.00184. The van der Waals surface area contributed by atoms with Crippen molar-refractivity contribution in [1.82, 2.24) is 10.2 Å². The van der Waals surface area contributed by atoms with Crippen LogP contribution < -0.4 is 10.2 Å². The van der Waals surface area contributed by atoms with Crippen molar-refractivity contribution in [2.75, 3.05) is 31.1 Å². The molecule has 2 N–H and O–H groups in total. The van der Waals surface area contributed by atoms with Gasteiger partial charge in [0.05, 0.1) is 0 Å². The second-order valence-electron chi connectivity index (χ2n) is 8.50. The zero-order chi connectivity index (χ0) is 24.6. The number of ether oxygens (including phenoxy) is 1. The van der Waals surface area contributed by atoms with Gasteiger partial charge in [0.2, 0.25) is 5.91 Å². The summed E-state index contributed by atoms with van der Waals surface area (Å²) in [4.78, 5) is 40.4. The summed E-state index contributed by atoms with van der Waals surface area (Å²) in [7, 11) is 0. The highest BCUT2D eigenvalue weighted by Gasteiger charge is 2.26. The highest BCUT2D eigenvalue weighted by Crippen LogP contribution is 2.27. The van der Waals surface area contributed by atoms with Crippen LogP contribution in [-0.2, 0) is 20.9 Å². The SMILES string of the molecule is O=C(N[C@@H](CCC(=O)N1CCN(c2cccc3ccccc23)CC1)C(=O)O)OCc1ccccc1. The largest absolute Gasteiger partial charge is 0.480 e. The smallest absolute Gasteiger partial charge is 0.408 e. The second kappa shape index (κ2) is 11.4. The predicted octanol–water partition coefficient (Wildman–Crippen LogP) is 3.65. The number of aliphatic carboxylic acids is 1. The number of benzene rings is 3. The first kappa shape index (κ1) is 24.1. The first-order valence-electron chi connectivity index (χ1n) is 11.7. The summed E-state index contributed by atoms with van der Waals surface area (Å²) in [5.41, 5.74) is 1.95. The van der Waals surface area contributed by atoms with Crippen molar-refractivity contribution in [2.45, 2.75) is 25.5 Å². The summed E-state index contributed by atoms with van der Waals surface area (Å²) >= 11 is 0. The van der Waals surface area contributed by atoms with E-state index in [0.29, 0.717) is 26.2 Å². The third kappa shape index (κ3) is 6.29. The van der Waals surface area contributed by atoms with Gasteiger partial charge in [0.25, 0.3) is 0 Å². The molecule has 0 unspecified atom stereocenters. The fourth-order valence-electron chi connectivity index (χ4n) is 4.27. The van der Waals surface area contributed by atoms with E-state index in [1.54, 1.807) is 17.0 Å². The molecule has 1 atom stereocenters. The van der Waals surface area contributed by atoms with Crippen LogP contribution >= 0.6 is 0 Å². The number of rotatable bonds is 8. The van der Waals surface area contributed by atoms with E-state index in [1.165, 1.54) is 10.8 Å². The summed E-state index contributed by atoms with van der Waals surface area (Å²) in [5.74, 6) is -1.32. The molecule has 182 valence electrons. The van der Waals surface area contributed by atoms with Gasteiger partial charge in [-0.15, -0.1) is 0 Å². The monoisotopic (exact) mass is 475 g/mol. The summed E-state index contributed by atoms with van der Waals surface area (Å²) in [5, 5.41) is 14.2. The highest BCUT2D eigenvalue weighted by molar-refractivity contribution is 5.94. The number of carboxylic acids is 1. The second-order valence-corrected chi connectivity index (χ2v) is 8.50. The molecule has 0 aliphatic carbocycles. The Labute approximate surface area is 204 Å². The van der Waals surface area contributed by atoms with E-state index in [-0.39, 0.29) is 25.4 Å². The van der Waals surface area contributed by atoms with Crippen LogP contribution in [0.15, 0.2) is 72.8 Å². The zero-order valence-electron chi connectivity index (χ0n) is 19.4. The van der Waals surface area contributed by atoms with Gasteiger partial charge in [-0.05, 0) is 23.4 Å². The van der Waals surface area contributed by atoms with E-state index in [9.17, 15) is 19.5 Å². The van der Waals surface area contributed by atoms with Crippen molar-refractivity contribution >= 4 is 34.4 Å². The van der Waals surface area contributed by atoms with Crippen LogP contribution in [0.3, 0.4) is 0 Å². The maximum Gasteiger partial charge on any atom is 0.408 e. The lowest BCUT2D eigenvalue weighted by Crippen LogP contribution is -2.49. The van der Waals surface area contributed by atoms with Gasteiger partial charge in [-0.25, -0.2) is 9.59 Å². The fraction of sp³-hybridized carbons (Fsp3) is 0.296. The van der Waals surface area contributed by atoms with Crippen LogP contribution in [0.25, 0.3) is 10.8 Å². The normalized spacial score (nSPS) is 14.4. The molecule has 1 saturated heterocycles. The Morgan fingerprint density at radius 3 is 2.31 bits per heavy atom. The molecule has 3 aromatic carbocycles. The van der Waals surface area contributed by atoms with E-state index in [0.717, 1.165) is 11.3 Å². The van der Waals surface area contributed by atoms with Crippen LogP contribution in [0.2, 0.25) is 0 Å². The van der Waals surface area contributed by atoms with Gasteiger partial charge in [0.15, 0.2) is 0 Å². The Balaban J connectivity index is 1.25. The quantitative estimate of drug-likeness (QED) is 0.516. The van der Waals surface area contributed by atoms with Gasteiger partial charge >= 0.3 is 12.1 Å². The first-order chi connectivity index (χ1) is 17.0. The minimum atomic E-state index is -1.20. The van der Waals surface area contributed by atoms with Crippen LogP contribution in [0, 0.1) is 0 Å². The third-order valence-corrected chi connectivity index (χ3v) is 6.19. The topological polar surface area (TPSA) is 99.2 Å². The predicted molar refractivity (Wildman–Crippen MR) is 133 cm³/mol. The molecular formula is C27H29N3O5. The molecule has 1 heterocycles. The number of hydrogen-bond donors (Lipinski definition) is 2. The van der Waals surface area contributed by atoms with E-state index < -0.39 is 18.1 Å². The number of carbonyl (C=O) groups is 3. The number of alkyl carbamates (subject to hydrolysis) is 1. The average Bonchev–Trinajstić information content (AvgIpc) is 2.90. The molecule has 8 heteroatoms. The fourth-order valence-corrected chi connectivity index (χ4v) is 4.27. The molecule has 0 aromatic heterocycles. The number of piperazine rings is 1. The maximum atomic E-state index is 12.7. The number of carbonyl (C=O) groups excluding carboxylic acids is 2. The lowest BCUT2D eigenvalue weighted by atomic mass is 10.1. The van der Waals surface area contributed by atoms with Crippen molar-refractivity contribution in [1.29, 1.82) is 0 Å². The Hall–Kier alpha value is -4.07. The summed E-state index contributed by atoms with van der Waals surface area (Å²) in [6.07, 6.45) is -0.792. The first-order valence-corrected chi connectivity index (χ1v) is 11.7. The van der Waals surface area contributed by atoms with Crippen molar-refractivity contribution in [3.8, 4) is 0 Å². The molecule has 8 nitrogen and oxygen atoms in total. The van der Waals surface area contributed by atoms with Gasteiger partial charge in [-0.3, -0.25) is 4.79 Å². The van der Waals surface area contributed by atoms with Crippen LogP contribution in [-0.4, -0.2) is 60.2 Å². The van der Waals surface area contributed by atoms with Crippen molar-refractivity contribution in [3.63, 3.8) is 0 Å². The number of anilines is 1. The number of fused-ring (bicyclic) bond motifs is 1. The lowest BCUT2D eigenvalue weighted by Gasteiger charge is -2.36. The van der Waals surface area contributed by atoms with Crippen molar-refractivity contribution in [3.05, 3.63) is 78.4 Å². The standard InChI is InChI=1S/C27H29N3O5/c31-25(14-13-23(26(32)33)28-27(34)35-19-20-7-2-1-3-8-20)30-17-15-29(16-18-30)24-12-6-10-21-9-4-5-11-22(21)24/h1-12,23H,13-19H2,(H,28,34)(H,32,33)/t23-/m0/s1. The third-order valence-electron chi connectivity index (χ3n) is 6.19. The van der Waals surface area contributed by atoms with Crippen LogP contribution in [0.1, 0.15) is 18.4 Å². The summed E-state index contributed by atoms with van der Waals surface area (Å²) in [6, 6.07) is 22.4.